The number of nitrogens with one attached hydrogen (secondary N) is 1. The summed E-state index contributed by atoms with van der Waals surface area (Å²) >= 11 is 1.82. The van der Waals surface area contributed by atoms with Gasteiger partial charge in [0.1, 0.15) is 10.0 Å². The molecular weight excluding hydrogens is 230 g/mol. The average molecular weight is 253 g/mol. The summed E-state index contributed by atoms with van der Waals surface area (Å²) in [5.41, 5.74) is 0.321. The van der Waals surface area contributed by atoms with Gasteiger partial charge in [-0.15, -0.1) is 21.5 Å². The predicted octanol–water partition coefficient (Wildman–Crippen LogP) is 2.91. The fraction of sp³-hybridized carbons (Fsp3) is 0.846. The highest BCUT2D eigenvalue weighted by Gasteiger charge is 2.33. The van der Waals surface area contributed by atoms with E-state index in [-0.39, 0.29) is 0 Å². The first-order chi connectivity index (χ1) is 8.10. The van der Waals surface area contributed by atoms with E-state index in [4.69, 9.17) is 0 Å². The summed E-state index contributed by atoms with van der Waals surface area (Å²) in [6.45, 7) is 7.69. The fourth-order valence-electron chi connectivity index (χ4n) is 2.44. The largest absolute Gasteiger partial charge is 0.314 e. The maximum absolute atomic E-state index is 4.41. The highest BCUT2D eigenvalue weighted by molar-refractivity contribution is 7.11. The lowest BCUT2D eigenvalue weighted by Gasteiger charge is -2.18. The van der Waals surface area contributed by atoms with Crippen LogP contribution in [0.2, 0.25) is 0 Å². The molecule has 1 aliphatic carbocycles. The van der Waals surface area contributed by atoms with E-state index in [0.717, 1.165) is 13.0 Å². The molecule has 1 aliphatic rings. The molecule has 0 saturated heterocycles. The number of aromatic nitrogens is 2. The van der Waals surface area contributed by atoms with Gasteiger partial charge >= 0.3 is 0 Å². The minimum Gasteiger partial charge on any atom is -0.314 e. The predicted molar refractivity (Wildman–Crippen MR) is 72.6 cm³/mol. The average Bonchev–Trinajstić information content (AvgIpc) is 2.87. The third-order valence-corrected chi connectivity index (χ3v) is 4.87. The van der Waals surface area contributed by atoms with E-state index in [0.29, 0.717) is 11.5 Å². The molecule has 0 bridgehead atoms. The van der Waals surface area contributed by atoms with E-state index in [1.54, 1.807) is 0 Å². The first-order valence-corrected chi connectivity index (χ1v) is 7.48. The van der Waals surface area contributed by atoms with Crippen molar-refractivity contribution in [3.05, 3.63) is 10.0 Å². The monoisotopic (exact) mass is 253 g/mol. The van der Waals surface area contributed by atoms with Crippen LogP contribution in [-0.4, -0.2) is 22.8 Å². The van der Waals surface area contributed by atoms with Crippen LogP contribution in [0.25, 0.3) is 0 Å². The second kappa shape index (κ2) is 5.44. The van der Waals surface area contributed by atoms with Crippen LogP contribution in [0.3, 0.4) is 0 Å². The van der Waals surface area contributed by atoms with Gasteiger partial charge in [0.15, 0.2) is 0 Å². The van der Waals surface area contributed by atoms with Crippen molar-refractivity contribution in [2.45, 2.75) is 64.3 Å². The zero-order valence-corrected chi connectivity index (χ0v) is 11.9. The highest BCUT2D eigenvalue weighted by atomic mass is 32.1. The fourth-order valence-corrected chi connectivity index (χ4v) is 3.48. The van der Waals surface area contributed by atoms with E-state index < -0.39 is 0 Å². The Hall–Kier alpha value is -0.480. The molecule has 4 heteroatoms. The van der Waals surface area contributed by atoms with Gasteiger partial charge in [-0.05, 0) is 12.8 Å². The van der Waals surface area contributed by atoms with Gasteiger partial charge in [0.25, 0.3) is 0 Å². The van der Waals surface area contributed by atoms with Crippen molar-refractivity contribution >= 4 is 11.3 Å². The molecule has 1 heterocycles. The molecule has 0 spiro atoms. The SMILES string of the molecule is CC(C)NCCc1nnc(C2(C)CCCC2)s1. The van der Waals surface area contributed by atoms with Gasteiger partial charge in [-0.25, -0.2) is 0 Å². The summed E-state index contributed by atoms with van der Waals surface area (Å²) < 4.78 is 0. The zero-order chi connectivity index (χ0) is 12.3. The number of nitrogens with zero attached hydrogens (tertiary/aromatic N) is 2. The van der Waals surface area contributed by atoms with E-state index >= 15 is 0 Å². The molecule has 1 saturated carbocycles. The summed E-state index contributed by atoms with van der Waals surface area (Å²) in [6, 6.07) is 0.551. The van der Waals surface area contributed by atoms with Crippen molar-refractivity contribution in [3.8, 4) is 0 Å². The summed E-state index contributed by atoms with van der Waals surface area (Å²) in [5, 5.41) is 14.6. The van der Waals surface area contributed by atoms with Crippen LogP contribution >= 0.6 is 11.3 Å². The molecule has 0 atom stereocenters. The van der Waals surface area contributed by atoms with Crippen molar-refractivity contribution in [3.63, 3.8) is 0 Å². The van der Waals surface area contributed by atoms with Crippen LogP contribution in [0.1, 0.15) is 56.5 Å². The van der Waals surface area contributed by atoms with Gasteiger partial charge in [-0.2, -0.15) is 0 Å². The Morgan fingerprint density at radius 2 is 2.00 bits per heavy atom. The van der Waals surface area contributed by atoms with Gasteiger partial charge in [0.05, 0.1) is 0 Å². The third kappa shape index (κ3) is 3.26. The van der Waals surface area contributed by atoms with Gasteiger partial charge in [-0.3, -0.25) is 0 Å². The summed E-state index contributed by atoms with van der Waals surface area (Å²) in [6.07, 6.45) is 6.27. The third-order valence-electron chi connectivity index (χ3n) is 3.58. The van der Waals surface area contributed by atoms with E-state index in [9.17, 15) is 0 Å². The van der Waals surface area contributed by atoms with Crippen molar-refractivity contribution in [2.24, 2.45) is 0 Å². The number of hydrogen-bond acceptors (Lipinski definition) is 4. The van der Waals surface area contributed by atoms with E-state index in [1.165, 1.54) is 35.7 Å². The lowest BCUT2D eigenvalue weighted by Crippen LogP contribution is -2.24. The van der Waals surface area contributed by atoms with Crippen LogP contribution in [0.5, 0.6) is 0 Å². The zero-order valence-electron chi connectivity index (χ0n) is 11.1. The van der Waals surface area contributed by atoms with Crippen molar-refractivity contribution < 1.29 is 0 Å². The summed E-state index contributed by atoms with van der Waals surface area (Å²) in [7, 11) is 0. The Morgan fingerprint density at radius 3 is 2.65 bits per heavy atom. The Morgan fingerprint density at radius 1 is 1.29 bits per heavy atom. The minimum absolute atomic E-state index is 0.321. The molecule has 0 radical (unpaired) electrons. The quantitative estimate of drug-likeness (QED) is 0.877. The second-order valence-corrected chi connectivity index (χ2v) is 6.69. The topological polar surface area (TPSA) is 37.8 Å². The molecule has 0 aromatic carbocycles. The number of hydrogen-bond donors (Lipinski definition) is 1. The molecule has 1 N–H and O–H groups in total. The smallest absolute Gasteiger partial charge is 0.123 e. The number of rotatable bonds is 5. The molecule has 0 aliphatic heterocycles. The van der Waals surface area contributed by atoms with Crippen molar-refractivity contribution in [1.82, 2.24) is 15.5 Å². The maximum atomic E-state index is 4.41. The molecule has 0 amide bonds. The molecule has 1 aromatic rings. The maximum Gasteiger partial charge on any atom is 0.123 e. The van der Waals surface area contributed by atoms with Crippen LogP contribution in [0, 0.1) is 0 Å². The Kier molecular flexibility index (Phi) is 4.15. The first kappa shape index (κ1) is 13.0. The Balaban J connectivity index is 1.91. The summed E-state index contributed by atoms with van der Waals surface area (Å²) in [5.74, 6) is 0. The lowest BCUT2D eigenvalue weighted by atomic mass is 9.90. The van der Waals surface area contributed by atoms with Gasteiger partial charge in [0.2, 0.25) is 0 Å². The van der Waals surface area contributed by atoms with Crippen LogP contribution in [0.15, 0.2) is 0 Å². The standard InChI is InChI=1S/C13H23N3S/c1-10(2)14-9-6-11-15-16-12(17-11)13(3)7-4-5-8-13/h10,14H,4-9H2,1-3H3. The van der Waals surface area contributed by atoms with Crippen LogP contribution < -0.4 is 5.32 Å². The van der Waals surface area contributed by atoms with Crippen LogP contribution in [-0.2, 0) is 11.8 Å². The molecule has 2 rings (SSSR count). The lowest BCUT2D eigenvalue weighted by molar-refractivity contribution is 0.483. The summed E-state index contributed by atoms with van der Waals surface area (Å²) in [4.78, 5) is 0. The molecule has 3 nitrogen and oxygen atoms in total. The molecule has 17 heavy (non-hydrogen) atoms. The van der Waals surface area contributed by atoms with Gasteiger partial charge in [0, 0.05) is 24.4 Å². The van der Waals surface area contributed by atoms with E-state index in [1.807, 2.05) is 11.3 Å². The second-order valence-electron chi connectivity index (χ2n) is 5.63. The molecule has 0 unspecified atom stereocenters. The van der Waals surface area contributed by atoms with Crippen LogP contribution in [0.4, 0.5) is 0 Å². The molecular formula is C13H23N3S. The van der Waals surface area contributed by atoms with E-state index in [2.05, 4.69) is 36.3 Å². The Labute approximate surface area is 108 Å². The molecule has 1 aromatic heterocycles. The molecule has 1 fully saturated rings. The van der Waals surface area contributed by atoms with Crippen molar-refractivity contribution in [1.29, 1.82) is 0 Å². The highest BCUT2D eigenvalue weighted by Crippen LogP contribution is 2.41. The molecule has 96 valence electrons. The minimum atomic E-state index is 0.321. The van der Waals surface area contributed by atoms with Gasteiger partial charge < -0.3 is 5.32 Å². The first-order valence-electron chi connectivity index (χ1n) is 6.66. The Bertz CT molecular complexity index is 353. The van der Waals surface area contributed by atoms with Gasteiger partial charge in [-0.1, -0.05) is 33.6 Å². The normalized spacial score (nSPS) is 19.1. The van der Waals surface area contributed by atoms with Crippen molar-refractivity contribution in [2.75, 3.05) is 6.54 Å².